The summed E-state index contributed by atoms with van der Waals surface area (Å²) in [6, 6.07) is 13.7. The van der Waals surface area contributed by atoms with Crippen molar-refractivity contribution in [1.29, 1.82) is 0 Å². The van der Waals surface area contributed by atoms with Crippen molar-refractivity contribution in [3.05, 3.63) is 59.1 Å². The van der Waals surface area contributed by atoms with Gasteiger partial charge in [-0.3, -0.25) is 0 Å². The summed E-state index contributed by atoms with van der Waals surface area (Å²) in [5.41, 5.74) is 4.13. The van der Waals surface area contributed by atoms with Gasteiger partial charge in [-0.15, -0.1) is 11.3 Å². The number of hydrogen-bond donors (Lipinski definition) is 2. The number of benzene rings is 2. The van der Waals surface area contributed by atoms with Crippen molar-refractivity contribution in [1.82, 2.24) is 4.98 Å². The number of thiazole rings is 1. The quantitative estimate of drug-likeness (QED) is 0.620. The number of methoxy groups -OCH3 is 1. The third-order valence-corrected chi connectivity index (χ3v) is 5.63. The van der Waals surface area contributed by atoms with Crippen LogP contribution >= 0.6 is 11.3 Å². The second kappa shape index (κ2) is 8.14. The van der Waals surface area contributed by atoms with Crippen molar-refractivity contribution < 1.29 is 14.6 Å². The molecule has 150 valence electrons. The standard InChI is InChI=1S/C22H23N3O3S/c1-4-25(2)15-10-9-14-11-16(21(26)28-20(14)12-15)18-13-29-22(24-18)23-17-7-5-6-8-19(17)27-3/h5-13,21,26H,4H2,1-3H3,(H,23,24). The van der Waals surface area contributed by atoms with Gasteiger partial charge in [-0.25, -0.2) is 4.98 Å². The van der Waals surface area contributed by atoms with Gasteiger partial charge in [0.2, 0.25) is 6.29 Å². The maximum Gasteiger partial charge on any atom is 0.226 e. The highest BCUT2D eigenvalue weighted by Crippen LogP contribution is 2.37. The van der Waals surface area contributed by atoms with Crippen LogP contribution in [0.2, 0.25) is 0 Å². The maximum absolute atomic E-state index is 10.6. The van der Waals surface area contributed by atoms with Crippen LogP contribution < -0.4 is 19.7 Å². The van der Waals surface area contributed by atoms with Crippen LogP contribution in [0.3, 0.4) is 0 Å². The summed E-state index contributed by atoms with van der Waals surface area (Å²) in [4.78, 5) is 6.74. The summed E-state index contributed by atoms with van der Waals surface area (Å²) in [6.45, 7) is 2.98. The minimum atomic E-state index is -1.06. The van der Waals surface area contributed by atoms with Crippen molar-refractivity contribution >= 4 is 39.5 Å². The van der Waals surface area contributed by atoms with Gasteiger partial charge in [-0.1, -0.05) is 12.1 Å². The molecule has 1 atom stereocenters. The fourth-order valence-corrected chi connectivity index (χ4v) is 3.85. The fourth-order valence-electron chi connectivity index (χ4n) is 3.11. The van der Waals surface area contributed by atoms with Crippen LogP contribution in [0.15, 0.2) is 47.8 Å². The molecule has 2 aromatic carbocycles. The minimum absolute atomic E-state index is 0.637. The minimum Gasteiger partial charge on any atom is -0.495 e. The van der Waals surface area contributed by atoms with Gasteiger partial charge in [0.25, 0.3) is 0 Å². The molecule has 1 unspecified atom stereocenters. The highest BCUT2D eigenvalue weighted by atomic mass is 32.1. The average molecular weight is 410 g/mol. The van der Waals surface area contributed by atoms with E-state index in [9.17, 15) is 5.11 Å². The zero-order valence-electron chi connectivity index (χ0n) is 16.5. The molecule has 0 saturated heterocycles. The third-order valence-electron chi connectivity index (χ3n) is 4.88. The first kappa shape index (κ1) is 19.3. The molecule has 7 heteroatoms. The molecule has 29 heavy (non-hydrogen) atoms. The summed E-state index contributed by atoms with van der Waals surface area (Å²) < 4.78 is 11.2. The molecule has 6 nitrogen and oxygen atoms in total. The van der Waals surface area contributed by atoms with Crippen LogP contribution in [0.1, 0.15) is 18.2 Å². The van der Waals surface area contributed by atoms with Crippen LogP contribution in [0.5, 0.6) is 11.5 Å². The Balaban J connectivity index is 1.60. The predicted molar refractivity (Wildman–Crippen MR) is 118 cm³/mol. The summed E-state index contributed by atoms with van der Waals surface area (Å²) in [7, 11) is 3.66. The molecule has 1 aliphatic heterocycles. The topological polar surface area (TPSA) is 66.9 Å². The van der Waals surface area contributed by atoms with Crippen molar-refractivity contribution in [2.75, 3.05) is 30.9 Å². The molecule has 0 radical (unpaired) electrons. The average Bonchev–Trinajstić information content (AvgIpc) is 3.20. The first-order valence-corrected chi connectivity index (χ1v) is 10.2. The molecule has 0 bridgehead atoms. The Morgan fingerprint density at radius 3 is 2.90 bits per heavy atom. The SMILES string of the molecule is CCN(C)c1ccc2c(c1)OC(O)C(c1csc(Nc3ccccc3OC)n1)=C2. The van der Waals surface area contributed by atoms with E-state index in [2.05, 4.69) is 22.1 Å². The maximum atomic E-state index is 10.6. The molecule has 2 N–H and O–H groups in total. The van der Waals surface area contributed by atoms with E-state index in [1.165, 1.54) is 11.3 Å². The molecule has 2 heterocycles. The van der Waals surface area contributed by atoms with Gasteiger partial charge >= 0.3 is 0 Å². The number of hydrogen-bond acceptors (Lipinski definition) is 7. The van der Waals surface area contributed by atoms with E-state index < -0.39 is 6.29 Å². The zero-order valence-corrected chi connectivity index (χ0v) is 17.4. The van der Waals surface area contributed by atoms with Gasteiger partial charge in [0.05, 0.1) is 18.5 Å². The monoisotopic (exact) mass is 409 g/mol. The number of para-hydroxylation sites is 2. The lowest BCUT2D eigenvalue weighted by atomic mass is 10.0. The Hall–Kier alpha value is -3.03. The van der Waals surface area contributed by atoms with Gasteiger partial charge in [0.15, 0.2) is 5.13 Å². The predicted octanol–water partition coefficient (Wildman–Crippen LogP) is 4.60. The van der Waals surface area contributed by atoms with Crippen molar-refractivity contribution in [3.63, 3.8) is 0 Å². The molecule has 0 aliphatic carbocycles. The van der Waals surface area contributed by atoms with Crippen LogP contribution in [0, 0.1) is 0 Å². The van der Waals surface area contributed by atoms with E-state index in [1.54, 1.807) is 7.11 Å². The van der Waals surface area contributed by atoms with Crippen molar-refractivity contribution in [2.45, 2.75) is 13.2 Å². The van der Waals surface area contributed by atoms with E-state index in [0.717, 1.165) is 29.2 Å². The van der Waals surface area contributed by atoms with Gasteiger partial charge in [0.1, 0.15) is 11.5 Å². The number of aliphatic hydroxyl groups is 1. The van der Waals surface area contributed by atoms with E-state index in [-0.39, 0.29) is 0 Å². The smallest absolute Gasteiger partial charge is 0.226 e. The number of fused-ring (bicyclic) bond motifs is 1. The van der Waals surface area contributed by atoms with E-state index in [4.69, 9.17) is 9.47 Å². The summed E-state index contributed by atoms with van der Waals surface area (Å²) >= 11 is 1.46. The second-order valence-corrected chi connectivity index (χ2v) is 7.53. The molecule has 0 spiro atoms. The van der Waals surface area contributed by atoms with Gasteiger partial charge in [-0.2, -0.15) is 0 Å². The van der Waals surface area contributed by atoms with Crippen LogP contribution in [0.4, 0.5) is 16.5 Å². The fraction of sp³-hybridized carbons (Fsp3) is 0.227. The Kier molecular flexibility index (Phi) is 5.42. The molecule has 1 aliphatic rings. The van der Waals surface area contributed by atoms with E-state index in [0.29, 0.717) is 22.1 Å². The van der Waals surface area contributed by atoms with E-state index >= 15 is 0 Å². The Bertz CT molecular complexity index is 1050. The second-order valence-electron chi connectivity index (χ2n) is 6.67. The number of anilines is 3. The molecule has 4 rings (SSSR count). The Labute approximate surface area is 174 Å². The number of nitrogens with one attached hydrogen (secondary N) is 1. The first-order chi connectivity index (χ1) is 14.1. The van der Waals surface area contributed by atoms with E-state index in [1.807, 2.05) is 61.0 Å². The molecular weight excluding hydrogens is 386 g/mol. The molecule has 0 saturated carbocycles. The number of rotatable bonds is 6. The molecule has 0 fully saturated rings. The molecule has 0 amide bonds. The van der Waals surface area contributed by atoms with Crippen LogP contribution in [-0.4, -0.2) is 37.1 Å². The number of ether oxygens (including phenoxy) is 2. The van der Waals surface area contributed by atoms with Gasteiger partial charge < -0.3 is 24.8 Å². The third kappa shape index (κ3) is 3.92. The molecule has 3 aromatic rings. The molecular formula is C22H23N3O3S. The van der Waals surface area contributed by atoms with Crippen LogP contribution in [0.25, 0.3) is 11.6 Å². The lowest BCUT2D eigenvalue weighted by molar-refractivity contribution is 0.0318. The lowest BCUT2D eigenvalue weighted by Gasteiger charge is -2.25. The van der Waals surface area contributed by atoms with Gasteiger partial charge in [-0.05, 0) is 37.3 Å². The summed E-state index contributed by atoms with van der Waals surface area (Å²) in [5, 5.41) is 16.4. The molecule has 1 aromatic heterocycles. The number of nitrogens with zero attached hydrogens (tertiary/aromatic N) is 2. The highest BCUT2D eigenvalue weighted by molar-refractivity contribution is 7.13. The highest BCUT2D eigenvalue weighted by Gasteiger charge is 2.24. The lowest BCUT2D eigenvalue weighted by Crippen LogP contribution is -2.22. The normalized spacial score (nSPS) is 15.2. The number of aromatic nitrogens is 1. The Morgan fingerprint density at radius 1 is 1.28 bits per heavy atom. The first-order valence-electron chi connectivity index (χ1n) is 9.36. The Morgan fingerprint density at radius 2 is 2.10 bits per heavy atom. The van der Waals surface area contributed by atoms with Crippen LogP contribution in [-0.2, 0) is 0 Å². The largest absolute Gasteiger partial charge is 0.495 e. The zero-order chi connectivity index (χ0) is 20.4. The summed E-state index contributed by atoms with van der Waals surface area (Å²) in [6.07, 6.45) is 0.868. The van der Waals surface area contributed by atoms with Gasteiger partial charge in [0, 0.05) is 41.9 Å². The number of aliphatic hydroxyl groups excluding tert-OH is 1. The summed E-state index contributed by atoms with van der Waals surface area (Å²) in [5.74, 6) is 1.41. The van der Waals surface area contributed by atoms with Crippen molar-refractivity contribution in [2.24, 2.45) is 0 Å². The van der Waals surface area contributed by atoms with Crippen molar-refractivity contribution in [3.8, 4) is 11.5 Å².